The Bertz CT molecular complexity index is 185. The summed E-state index contributed by atoms with van der Waals surface area (Å²) in [5.74, 6) is -2.20. The fourth-order valence-corrected chi connectivity index (χ4v) is 1.96. The lowest BCUT2D eigenvalue weighted by Crippen LogP contribution is -2.49. The number of nitrogens with zero attached hydrogens (tertiary/aromatic N) is 1. The number of hydrogen-bond acceptors (Lipinski definition) is 2. The first-order chi connectivity index (χ1) is 6.44. The van der Waals surface area contributed by atoms with Crippen molar-refractivity contribution in [2.24, 2.45) is 11.7 Å². The molecule has 0 aromatic carbocycles. The molecule has 84 valence electrons. The van der Waals surface area contributed by atoms with Crippen molar-refractivity contribution in [2.45, 2.75) is 38.7 Å². The molecule has 2 unspecified atom stereocenters. The second kappa shape index (κ2) is 4.53. The summed E-state index contributed by atoms with van der Waals surface area (Å²) in [6.45, 7) is 4.16. The molecule has 0 aromatic rings. The Hall–Kier alpha value is -0.220. The van der Waals surface area contributed by atoms with Crippen molar-refractivity contribution in [3.05, 3.63) is 0 Å². The Labute approximate surface area is 84.4 Å². The van der Waals surface area contributed by atoms with Gasteiger partial charge in [0.1, 0.15) is 0 Å². The van der Waals surface area contributed by atoms with Crippen LogP contribution in [0.15, 0.2) is 0 Å². The summed E-state index contributed by atoms with van der Waals surface area (Å²) in [7, 11) is 0. The average molecular weight is 206 g/mol. The van der Waals surface area contributed by atoms with Crippen LogP contribution in [0.3, 0.4) is 0 Å². The summed E-state index contributed by atoms with van der Waals surface area (Å²) >= 11 is 0. The maximum Gasteiger partial charge on any atom is 0.272 e. The Morgan fingerprint density at radius 2 is 2.00 bits per heavy atom. The van der Waals surface area contributed by atoms with E-state index < -0.39 is 12.5 Å². The first-order valence-corrected chi connectivity index (χ1v) is 5.26. The first-order valence-electron chi connectivity index (χ1n) is 5.26. The Morgan fingerprint density at radius 1 is 1.36 bits per heavy atom. The molecule has 0 spiro atoms. The molecule has 0 aromatic heterocycles. The highest BCUT2D eigenvalue weighted by Crippen LogP contribution is 2.24. The van der Waals surface area contributed by atoms with Gasteiger partial charge in [-0.05, 0) is 25.7 Å². The molecule has 2 nitrogen and oxygen atoms in total. The Kier molecular flexibility index (Phi) is 3.84. The van der Waals surface area contributed by atoms with Crippen molar-refractivity contribution in [2.75, 3.05) is 19.6 Å². The zero-order valence-corrected chi connectivity index (χ0v) is 8.97. The smallest absolute Gasteiger partial charge is 0.272 e. The molecule has 0 saturated carbocycles. The van der Waals surface area contributed by atoms with Crippen LogP contribution in [0.4, 0.5) is 8.78 Å². The maximum atomic E-state index is 13.1. The Morgan fingerprint density at radius 3 is 2.57 bits per heavy atom. The van der Waals surface area contributed by atoms with Crippen molar-refractivity contribution >= 4 is 0 Å². The highest BCUT2D eigenvalue weighted by Gasteiger charge is 2.33. The third-order valence-corrected chi connectivity index (χ3v) is 2.98. The standard InChI is InChI=1S/C10H20F2N2/c1-8-3-4-9(2)14(5-8)7-10(11,12)6-13/h8-9H,3-7,13H2,1-2H3. The van der Waals surface area contributed by atoms with Crippen molar-refractivity contribution < 1.29 is 8.78 Å². The normalized spacial score (nSPS) is 30.6. The van der Waals surface area contributed by atoms with Gasteiger partial charge < -0.3 is 5.73 Å². The molecule has 2 N–H and O–H groups in total. The summed E-state index contributed by atoms with van der Waals surface area (Å²) in [5, 5.41) is 0. The number of alkyl halides is 2. The fourth-order valence-electron chi connectivity index (χ4n) is 1.96. The number of likely N-dealkylation sites (tertiary alicyclic amines) is 1. The van der Waals surface area contributed by atoms with Gasteiger partial charge in [-0.3, -0.25) is 4.90 Å². The summed E-state index contributed by atoms with van der Waals surface area (Å²) in [5.41, 5.74) is 5.03. The van der Waals surface area contributed by atoms with Crippen LogP contribution in [-0.2, 0) is 0 Å². The van der Waals surface area contributed by atoms with E-state index in [-0.39, 0.29) is 12.6 Å². The predicted molar refractivity (Wildman–Crippen MR) is 53.4 cm³/mol. The van der Waals surface area contributed by atoms with Gasteiger partial charge >= 0.3 is 0 Å². The summed E-state index contributed by atoms with van der Waals surface area (Å²) in [6.07, 6.45) is 2.16. The minimum Gasteiger partial charge on any atom is -0.325 e. The topological polar surface area (TPSA) is 29.3 Å². The molecule has 4 heteroatoms. The van der Waals surface area contributed by atoms with E-state index in [9.17, 15) is 8.78 Å². The molecule has 0 radical (unpaired) electrons. The molecule has 1 fully saturated rings. The molecule has 0 bridgehead atoms. The van der Waals surface area contributed by atoms with Crippen LogP contribution >= 0.6 is 0 Å². The van der Waals surface area contributed by atoms with Gasteiger partial charge in [0, 0.05) is 12.6 Å². The monoisotopic (exact) mass is 206 g/mol. The fraction of sp³-hybridized carbons (Fsp3) is 1.00. The van der Waals surface area contributed by atoms with E-state index in [1.165, 1.54) is 0 Å². The average Bonchev–Trinajstić information content (AvgIpc) is 2.11. The first kappa shape index (κ1) is 11.9. The molecule has 1 aliphatic heterocycles. The number of nitrogens with two attached hydrogens (primary N) is 1. The van der Waals surface area contributed by atoms with E-state index in [1.54, 1.807) is 0 Å². The molecule has 0 aliphatic carbocycles. The van der Waals surface area contributed by atoms with Crippen LogP contribution in [0.2, 0.25) is 0 Å². The van der Waals surface area contributed by atoms with Crippen LogP contribution in [0.25, 0.3) is 0 Å². The van der Waals surface area contributed by atoms with E-state index in [0.29, 0.717) is 5.92 Å². The van der Waals surface area contributed by atoms with Gasteiger partial charge in [0.2, 0.25) is 0 Å². The van der Waals surface area contributed by atoms with Gasteiger partial charge in [0.05, 0.1) is 13.1 Å². The van der Waals surface area contributed by atoms with Crippen LogP contribution in [-0.4, -0.2) is 36.5 Å². The number of piperidine rings is 1. The number of rotatable bonds is 3. The molecule has 1 rings (SSSR count). The third kappa shape index (κ3) is 3.17. The summed E-state index contributed by atoms with van der Waals surface area (Å²) in [6, 6.07) is 0.267. The van der Waals surface area contributed by atoms with Crippen molar-refractivity contribution in [1.29, 1.82) is 0 Å². The van der Waals surface area contributed by atoms with Crippen molar-refractivity contribution in [3.63, 3.8) is 0 Å². The lowest BCUT2D eigenvalue weighted by atomic mass is 9.95. The zero-order valence-electron chi connectivity index (χ0n) is 8.97. The van der Waals surface area contributed by atoms with Gasteiger partial charge in [-0.1, -0.05) is 6.92 Å². The van der Waals surface area contributed by atoms with E-state index in [4.69, 9.17) is 5.73 Å². The van der Waals surface area contributed by atoms with E-state index in [1.807, 2.05) is 11.8 Å². The molecule has 1 heterocycles. The lowest BCUT2D eigenvalue weighted by Gasteiger charge is -2.38. The number of hydrogen-bond donors (Lipinski definition) is 1. The van der Waals surface area contributed by atoms with Crippen LogP contribution in [0.5, 0.6) is 0 Å². The largest absolute Gasteiger partial charge is 0.325 e. The van der Waals surface area contributed by atoms with Crippen LogP contribution in [0, 0.1) is 5.92 Å². The van der Waals surface area contributed by atoms with E-state index in [2.05, 4.69) is 6.92 Å². The highest BCUT2D eigenvalue weighted by atomic mass is 19.3. The number of halogens is 2. The Balaban J connectivity index is 2.49. The molecule has 2 atom stereocenters. The molecule has 14 heavy (non-hydrogen) atoms. The van der Waals surface area contributed by atoms with Crippen LogP contribution in [0.1, 0.15) is 26.7 Å². The minimum absolute atomic E-state index is 0.186. The highest BCUT2D eigenvalue weighted by molar-refractivity contribution is 4.82. The molecule has 0 amide bonds. The van der Waals surface area contributed by atoms with Gasteiger partial charge in [-0.15, -0.1) is 0 Å². The quantitative estimate of drug-likeness (QED) is 0.761. The van der Waals surface area contributed by atoms with Gasteiger partial charge in [0.25, 0.3) is 5.92 Å². The molecular formula is C10H20F2N2. The van der Waals surface area contributed by atoms with Crippen molar-refractivity contribution in [1.82, 2.24) is 4.90 Å². The summed E-state index contributed by atoms with van der Waals surface area (Å²) < 4.78 is 26.1. The molecular weight excluding hydrogens is 186 g/mol. The predicted octanol–water partition coefficient (Wildman–Crippen LogP) is 1.70. The van der Waals surface area contributed by atoms with Gasteiger partial charge in [-0.25, -0.2) is 8.78 Å². The zero-order chi connectivity index (χ0) is 10.8. The minimum atomic E-state index is -2.73. The van der Waals surface area contributed by atoms with Gasteiger partial charge in [0.15, 0.2) is 0 Å². The maximum absolute atomic E-state index is 13.1. The van der Waals surface area contributed by atoms with Gasteiger partial charge in [-0.2, -0.15) is 0 Å². The molecule has 1 saturated heterocycles. The SMILES string of the molecule is CC1CCC(C)N(CC(F)(F)CN)C1. The summed E-state index contributed by atoms with van der Waals surface area (Å²) in [4.78, 5) is 1.86. The van der Waals surface area contributed by atoms with Crippen molar-refractivity contribution in [3.8, 4) is 0 Å². The third-order valence-electron chi connectivity index (χ3n) is 2.98. The molecule has 1 aliphatic rings. The second-order valence-corrected chi connectivity index (χ2v) is 4.52. The van der Waals surface area contributed by atoms with E-state index in [0.717, 1.165) is 19.4 Å². The second-order valence-electron chi connectivity index (χ2n) is 4.52. The van der Waals surface area contributed by atoms with Crippen LogP contribution < -0.4 is 5.73 Å². The lowest BCUT2D eigenvalue weighted by molar-refractivity contribution is -0.0442. The van der Waals surface area contributed by atoms with E-state index >= 15 is 0 Å².